The SMILES string of the molecule is CC1CC(Nc2ncnc3ccc(Br)cc23)CN1C1CC1. The van der Waals surface area contributed by atoms with Crippen molar-refractivity contribution in [3.63, 3.8) is 0 Å². The first-order chi connectivity index (χ1) is 10.2. The van der Waals surface area contributed by atoms with Crippen molar-refractivity contribution in [1.29, 1.82) is 0 Å². The molecule has 2 aromatic rings. The van der Waals surface area contributed by atoms with Crippen LogP contribution in [0.25, 0.3) is 10.9 Å². The molecule has 2 aliphatic rings. The minimum absolute atomic E-state index is 0.484. The summed E-state index contributed by atoms with van der Waals surface area (Å²) >= 11 is 3.53. The Labute approximate surface area is 133 Å². The van der Waals surface area contributed by atoms with Crippen molar-refractivity contribution >= 4 is 32.7 Å². The number of likely N-dealkylation sites (tertiary alicyclic amines) is 1. The second-order valence-corrected chi connectivity index (χ2v) is 7.15. The molecule has 21 heavy (non-hydrogen) atoms. The Bertz CT molecular complexity index is 670. The lowest BCUT2D eigenvalue weighted by Crippen LogP contribution is -2.31. The number of hydrogen-bond acceptors (Lipinski definition) is 4. The molecular formula is C16H19BrN4. The summed E-state index contributed by atoms with van der Waals surface area (Å²) in [7, 11) is 0. The number of halogens is 1. The number of nitrogens with one attached hydrogen (secondary N) is 1. The molecule has 0 spiro atoms. The number of rotatable bonds is 3. The van der Waals surface area contributed by atoms with Crippen LogP contribution in [0.3, 0.4) is 0 Å². The number of aromatic nitrogens is 2. The Balaban J connectivity index is 1.58. The van der Waals surface area contributed by atoms with Gasteiger partial charge >= 0.3 is 0 Å². The van der Waals surface area contributed by atoms with Crippen LogP contribution in [0.4, 0.5) is 5.82 Å². The molecule has 1 aliphatic heterocycles. The quantitative estimate of drug-likeness (QED) is 0.924. The second kappa shape index (κ2) is 5.21. The van der Waals surface area contributed by atoms with Crippen LogP contribution in [-0.2, 0) is 0 Å². The first-order valence-corrected chi connectivity index (χ1v) is 8.42. The maximum absolute atomic E-state index is 4.46. The maximum atomic E-state index is 4.46. The number of fused-ring (bicyclic) bond motifs is 1. The van der Waals surface area contributed by atoms with E-state index in [2.05, 4.69) is 49.1 Å². The standard InChI is InChI=1S/C16H19BrN4/c1-10-6-12(8-21(10)13-3-4-13)20-16-14-7-11(17)2-5-15(14)18-9-19-16/h2,5,7,9-10,12-13H,3-4,6,8H2,1H3,(H,18,19,20). The summed E-state index contributed by atoms with van der Waals surface area (Å²) in [6, 6.07) is 8.14. The van der Waals surface area contributed by atoms with Crippen molar-refractivity contribution in [3.8, 4) is 0 Å². The smallest absolute Gasteiger partial charge is 0.137 e. The van der Waals surface area contributed by atoms with E-state index in [0.29, 0.717) is 12.1 Å². The summed E-state index contributed by atoms with van der Waals surface area (Å²) in [4.78, 5) is 11.5. The predicted octanol–water partition coefficient (Wildman–Crippen LogP) is 3.43. The Morgan fingerprint density at radius 1 is 1.29 bits per heavy atom. The second-order valence-electron chi connectivity index (χ2n) is 6.24. The van der Waals surface area contributed by atoms with Crippen molar-refractivity contribution in [2.75, 3.05) is 11.9 Å². The van der Waals surface area contributed by atoms with Crippen LogP contribution in [0.15, 0.2) is 29.0 Å². The number of nitrogens with zero attached hydrogens (tertiary/aromatic N) is 3. The van der Waals surface area contributed by atoms with Gasteiger partial charge in [0.15, 0.2) is 0 Å². The summed E-state index contributed by atoms with van der Waals surface area (Å²) < 4.78 is 1.06. The van der Waals surface area contributed by atoms with E-state index in [1.807, 2.05) is 12.1 Å². The van der Waals surface area contributed by atoms with Crippen molar-refractivity contribution in [1.82, 2.24) is 14.9 Å². The van der Waals surface area contributed by atoms with Crippen molar-refractivity contribution in [2.24, 2.45) is 0 Å². The third kappa shape index (κ3) is 2.64. The molecule has 1 aromatic heterocycles. The van der Waals surface area contributed by atoms with Gasteiger partial charge in [0.05, 0.1) is 5.52 Å². The molecular weight excluding hydrogens is 328 g/mol. The lowest BCUT2D eigenvalue weighted by atomic mass is 10.1. The first-order valence-electron chi connectivity index (χ1n) is 7.63. The minimum Gasteiger partial charge on any atom is -0.365 e. The number of benzene rings is 1. The first kappa shape index (κ1) is 13.5. The number of hydrogen-bond donors (Lipinski definition) is 1. The maximum Gasteiger partial charge on any atom is 0.137 e. The van der Waals surface area contributed by atoms with Crippen LogP contribution in [0.5, 0.6) is 0 Å². The molecule has 1 aliphatic carbocycles. The molecule has 1 saturated carbocycles. The molecule has 0 amide bonds. The molecule has 1 saturated heterocycles. The molecule has 4 nitrogen and oxygen atoms in total. The average molecular weight is 347 g/mol. The van der Waals surface area contributed by atoms with Crippen LogP contribution in [0, 0.1) is 0 Å². The Morgan fingerprint density at radius 3 is 2.95 bits per heavy atom. The van der Waals surface area contributed by atoms with E-state index >= 15 is 0 Å². The summed E-state index contributed by atoms with van der Waals surface area (Å²) in [5.41, 5.74) is 0.987. The largest absolute Gasteiger partial charge is 0.365 e. The molecule has 0 bridgehead atoms. The van der Waals surface area contributed by atoms with Crippen LogP contribution < -0.4 is 5.32 Å². The fourth-order valence-electron chi connectivity index (χ4n) is 3.41. The zero-order chi connectivity index (χ0) is 14.4. The van der Waals surface area contributed by atoms with Gasteiger partial charge in [-0.1, -0.05) is 15.9 Å². The highest BCUT2D eigenvalue weighted by atomic mass is 79.9. The topological polar surface area (TPSA) is 41.1 Å². The van der Waals surface area contributed by atoms with Gasteiger partial charge in [-0.05, 0) is 44.4 Å². The molecule has 2 heterocycles. The molecule has 1 N–H and O–H groups in total. The molecule has 0 radical (unpaired) electrons. The van der Waals surface area contributed by atoms with E-state index in [0.717, 1.165) is 33.8 Å². The van der Waals surface area contributed by atoms with Gasteiger partial charge in [0.25, 0.3) is 0 Å². The molecule has 2 fully saturated rings. The highest BCUT2D eigenvalue weighted by molar-refractivity contribution is 9.10. The van der Waals surface area contributed by atoms with E-state index in [1.165, 1.54) is 19.3 Å². The summed E-state index contributed by atoms with van der Waals surface area (Å²) in [5, 5.41) is 4.73. The zero-order valence-electron chi connectivity index (χ0n) is 12.1. The van der Waals surface area contributed by atoms with Crippen molar-refractivity contribution in [2.45, 2.75) is 44.3 Å². The lowest BCUT2D eigenvalue weighted by molar-refractivity contribution is 0.257. The lowest BCUT2D eigenvalue weighted by Gasteiger charge is -2.20. The third-order valence-corrected chi connectivity index (χ3v) is 5.07. The average Bonchev–Trinajstić information content (AvgIpc) is 3.24. The number of anilines is 1. The van der Waals surface area contributed by atoms with Crippen molar-refractivity contribution < 1.29 is 0 Å². The zero-order valence-corrected chi connectivity index (χ0v) is 13.7. The van der Waals surface area contributed by atoms with Crippen molar-refractivity contribution in [3.05, 3.63) is 29.0 Å². The normalized spacial score (nSPS) is 26.4. The van der Waals surface area contributed by atoms with Gasteiger partial charge in [-0.15, -0.1) is 0 Å². The fourth-order valence-corrected chi connectivity index (χ4v) is 3.77. The summed E-state index contributed by atoms with van der Waals surface area (Å²) in [6.45, 7) is 3.47. The molecule has 2 unspecified atom stereocenters. The van der Waals surface area contributed by atoms with Gasteiger partial charge in [-0.25, -0.2) is 9.97 Å². The summed E-state index contributed by atoms with van der Waals surface area (Å²) in [6.07, 6.45) is 5.59. The van der Waals surface area contributed by atoms with E-state index in [9.17, 15) is 0 Å². The van der Waals surface area contributed by atoms with Gasteiger partial charge in [0.2, 0.25) is 0 Å². The highest BCUT2D eigenvalue weighted by Gasteiger charge is 2.38. The molecule has 1 aromatic carbocycles. The van der Waals surface area contributed by atoms with Gasteiger partial charge in [-0.3, -0.25) is 4.90 Å². The van der Waals surface area contributed by atoms with Gasteiger partial charge < -0.3 is 5.32 Å². The third-order valence-electron chi connectivity index (χ3n) is 4.58. The van der Waals surface area contributed by atoms with Crippen LogP contribution >= 0.6 is 15.9 Å². The van der Waals surface area contributed by atoms with Gasteiger partial charge in [-0.2, -0.15) is 0 Å². The predicted molar refractivity (Wildman–Crippen MR) is 88.5 cm³/mol. The molecule has 4 rings (SSSR count). The Morgan fingerprint density at radius 2 is 2.14 bits per heavy atom. The van der Waals surface area contributed by atoms with E-state index < -0.39 is 0 Å². The fraction of sp³-hybridized carbons (Fsp3) is 0.500. The monoisotopic (exact) mass is 346 g/mol. The van der Waals surface area contributed by atoms with Gasteiger partial charge in [0.1, 0.15) is 12.1 Å². The van der Waals surface area contributed by atoms with Gasteiger partial charge in [0, 0.05) is 34.5 Å². The molecule has 2 atom stereocenters. The van der Waals surface area contributed by atoms with Crippen LogP contribution in [-0.4, -0.2) is 39.5 Å². The Kier molecular flexibility index (Phi) is 3.34. The van der Waals surface area contributed by atoms with E-state index in [4.69, 9.17) is 0 Å². The van der Waals surface area contributed by atoms with E-state index in [-0.39, 0.29) is 0 Å². The summed E-state index contributed by atoms with van der Waals surface area (Å²) in [5.74, 6) is 0.955. The van der Waals surface area contributed by atoms with Crippen LogP contribution in [0.2, 0.25) is 0 Å². The molecule has 110 valence electrons. The van der Waals surface area contributed by atoms with E-state index in [1.54, 1.807) is 6.33 Å². The minimum atomic E-state index is 0.484. The molecule has 5 heteroatoms. The highest BCUT2D eigenvalue weighted by Crippen LogP contribution is 2.34. The van der Waals surface area contributed by atoms with Crippen LogP contribution in [0.1, 0.15) is 26.2 Å². The Hall–Kier alpha value is -1.20.